The van der Waals surface area contributed by atoms with Gasteiger partial charge in [0.15, 0.2) is 0 Å². The second-order valence-electron chi connectivity index (χ2n) is 3.78. The first kappa shape index (κ1) is 12.6. The summed E-state index contributed by atoms with van der Waals surface area (Å²) in [5.74, 6) is 0.180. The first-order valence-electron chi connectivity index (χ1n) is 5.07. The van der Waals surface area contributed by atoms with E-state index in [4.69, 9.17) is 15.4 Å². The number of nitrogens with zero attached hydrogens (tertiary/aromatic N) is 1. The molecule has 0 amide bonds. The van der Waals surface area contributed by atoms with Crippen molar-refractivity contribution in [2.24, 2.45) is 0 Å². The van der Waals surface area contributed by atoms with Gasteiger partial charge in [-0.1, -0.05) is 0 Å². The Bertz CT molecular complexity index is 491. The van der Waals surface area contributed by atoms with Crippen molar-refractivity contribution in [2.45, 2.75) is 12.5 Å². The van der Waals surface area contributed by atoms with Gasteiger partial charge in [0.25, 0.3) is 9.24 Å². The van der Waals surface area contributed by atoms with E-state index >= 15 is 0 Å². The smallest absolute Gasteiger partial charge is 0.299 e. The van der Waals surface area contributed by atoms with Crippen LogP contribution in [0.4, 0.5) is 4.39 Å². The lowest BCUT2D eigenvalue weighted by Gasteiger charge is -2.14. The van der Waals surface area contributed by atoms with Crippen molar-refractivity contribution in [3.05, 3.63) is 30.1 Å². The molecule has 1 aromatic carbocycles. The highest BCUT2D eigenvalue weighted by atomic mass is 35.7. The minimum absolute atomic E-state index is 0.225. The van der Waals surface area contributed by atoms with Gasteiger partial charge in [-0.2, -0.15) is 12.7 Å². The summed E-state index contributed by atoms with van der Waals surface area (Å²) in [5, 5.41) is 0. The lowest BCUT2D eigenvalue weighted by molar-refractivity contribution is 0.215. The molecular weight excluding hydrogens is 269 g/mol. The summed E-state index contributed by atoms with van der Waals surface area (Å²) in [6.45, 7) is 0.570. The molecule has 1 aromatic rings. The van der Waals surface area contributed by atoms with Crippen LogP contribution in [0, 0.1) is 5.82 Å². The molecule has 0 N–H and O–H groups in total. The highest BCUT2D eigenvalue weighted by molar-refractivity contribution is 8.11. The predicted molar refractivity (Wildman–Crippen MR) is 61.8 cm³/mol. The molecule has 94 valence electrons. The van der Waals surface area contributed by atoms with Crippen LogP contribution < -0.4 is 4.74 Å². The average molecular weight is 280 g/mol. The maximum Gasteiger partial charge on any atom is 0.299 e. The Balaban J connectivity index is 1.96. The number of hydrogen-bond acceptors (Lipinski definition) is 3. The van der Waals surface area contributed by atoms with E-state index in [1.807, 2.05) is 0 Å². The van der Waals surface area contributed by atoms with Crippen molar-refractivity contribution < 1.29 is 17.5 Å². The fourth-order valence-electron chi connectivity index (χ4n) is 1.70. The maximum absolute atomic E-state index is 12.7. The largest absolute Gasteiger partial charge is 0.489 e. The van der Waals surface area contributed by atoms with Gasteiger partial charge in [-0.05, 0) is 30.7 Å². The monoisotopic (exact) mass is 279 g/mol. The minimum atomic E-state index is -3.67. The molecule has 2 rings (SSSR count). The molecule has 17 heavy (non-hydrogen) atoms. The zero-order valence-corrected chi connectivity index (χ0v) is 10.4. The summed E-state index contributed by atoms with van der Waals surface area (Å²) in [6.07, 6.45) is 0.331. The Morgan fingerprint density at radius 1 is 1.35 bits per heavy atom. The molecule has 0 aliphatic carbocycles. The first-order valence-corrected chi connectivity index (χ1v) is 7.34. The maximum atomic E-state index is 12.7. The summed E-state index contributed by atoms with van der Waals surface area (Å²) in [5.41, 5.74) is 0. The van der Waals surface area contributed by atoms with Crippen molar-refractivity contribution in [1.29, 1.82) is 0 Å². The van der Waals surface area contributed by atoms with Gasteiger partial charge in [-0.25, -0.2) is 4.39 Å². The molecule has 4 nitrogen and oxygen atoms in total. The Morgan fingerprint density at radius 3 is 2.53 bits per heavy atom. The minimum Gasteiger partial charge on any atom is -0.489 e. The zero-order valence-electron chi connectivity index (χ0n) is 8.84. The van der Waals surface area contributed by atoms with Gasteiger partial charge in [-0.15, -0.1) is 0 Å². The summed E-state index contributed by atoms with van der Waals surface area (Å²) in [6, 6.07) is 5.60. The van der Waals surface area contributed by atoms with Gasteiger partial charge in [-0.3, -0.25) is 0 Å². The van der Waals surface area contributed by atoms with E-state index in [0.29, 0.717) is 18.7 Å². The number of benzene rings is 1. The third-order valence-corrected chi connectivity index (χ3v) is 4.07. The number of ether oxygens (including phenoxy) is 1. The molecule has 1 fully saturated rings. The third kappa shape index (κ3) is 3.31. The van der Waals surface area contributed by atoms with Crippen LogP contribution in [-0.4, -0.2) is 31.9 Å². The Labute approximate surface area is 103 Å². The Kier molecular flexibility index (Phi) is 3.56. The fraction of sp³-hybridized carbons (Fsp3) is 0.400. The molecular formula is C10H11ClFNO3S. The number of hydrogen-bond donors (Lipinski definition) is 0. The van der Waals surface area contributed by atoms with Gasteiger partial charge in [0.2, 0.25) is 0 Å². The first-order chi connectivity index (χ1) is 7.95. The molecule has 0 bridgehead atoms. The van der Waals surface area contributed by atoms with Crippen molar-refractivity contribution in [3.63, 3.8) is 0 Å². The van der Waals surface area contributed by atoms with Gasteiger partial charge in [0, 0.05) is 17.2 Å². The van der Waals surface area contributed by atoms with Crippen LogP contribution in [0.1, 0.15) is 6.42 Å². The normalized spacial score (nSPS) is 21.6. The zero-order chi connectivity index (χ0) is 12.5. The van der Waals surface area contributed by atoms with Crippen LogP contribution in [0.15, 0.2) is 24.3 Å². The van der Waals surface area contributed by atoms with E-state index in [2.05, 4.69) is 0 Å². The quantitative estimate of drug-likeness (QED) is 0.792. The number of halogens is 2. The van der Waals surface area contributed by atoms with E-state index in [1.54, 1.807) is 0 Å². The average Bonchev–Trinajstić information content (AvgIpc) is 2.69. The van der Waals surface area contributed by atoms with Gasteiger partial charge in [0.1, 0.15) is 17.7 Å². The molecule has 1 saturated heterocycles. The topological polar surface area (TPSA) is 46.6 Å². The van der Waals surface area contributed by atoms with Gasteiger partial charge >= 0.3 is 0 Å². The molecule has 0 spiro atoms. The molecule has 0 aromatic heterocycles. The molecule has 0 radical (unpaired) electrons. The molecule has 1 aliphatic rings. The van der Waals surface area contributed by atoms with E-state index in [-0.39, 0.29) is 18.5 Å². The van der Waals surface area contributed by atoms with Crippen LogP contribution in [0.2, 0.25) is 0 Å². The van der Waals surface area contributed by atoms with Crippen LogP contribution >= 0.6 is 10.7 Å². The molecule has 0 saturated carbocycles. The predicted octanol–water partition coefficient (Wildman–Crippen LogP) is 1.76. The summed E-state index contributed by atoms with van der Waals surface area (Å²) in [7, 11) is 1.55. The molecule has 1 unspecified atom stereocenters. The van der Waals surface area contributed by atoms with E-state index < -0.39 is 9.24 Å². The summed E-state index contributed by atoms with van der Waals surface area (Å²) in [4.78, 5) is 0. The fourth-order valence-corrected chi connectivity index (χ4v) is 2.74. The molecule has 1 aliphatic heterocycles. The van der Waals surface area contributed by atoms with E-state index in [9.17, 15) is 12.8 Å². The molecule has 7 heteroatoms. The van der Waals surface area contributed by atoms with Crippen LogP contribution in [0.3, 0.4) is 0 Å². The second kappa shape index (κ2) is 4.80. The SMILES string of the molecule is O=S(=O)(Cl)N1CCC(Oc2ccc(F)cc2)C1. The molecule has 1 atom stereocenters. The van der Waals surface area contributed by atoms with Crippen LogP contribution in [0.5, 0.6) is 5.75 Å². The Hall–Kier alpha value is -0.850. The van der Waals surface area contributed by atoms with Crippen LogP contribution in [0.25, 0.3) is 0 Å². The lowest BCUT2D eigenvalue weighted by Crippen LogP contribution is -2.27. The highest BCUT2D eigenvalue weighted by Gasteiger charge is 2.31. The summed E-state index contributed by atoms with van der Waals surface area (Å²) >= 11 is 0. The second-order valence-corrected chi connectivity index (χ2v) is 6.29. The Morgan fingerprint density at radius 2 is 2.00 bits per heavy atom. The van der Waals surface area contributed by atoms with Crippen LogP contribution in [-0.2, 0) is 9.24 Å². The lowest BCUT2D eigenvalue weighted by atomic mass is 10.3. The standard InChI is InChI=1S/C10H11ClFNO3S/c11-17(14,15)13-6-5-10(7-13)16-9-3-1-8(12)2-4-9/h1-4,10H,5-7H2. The summed E-state index contributed by atoms with van der Waals surface area (Å²) < 4.78 is 41.5. The number of rotatable bonds is 3. The van der Waals surface area contributed by atoms with Gasteiger partial charge < -0.3 is 4.74 Å². The molecule has 1 heterocycles. The van der Waals surface area contributed by atoms with E-state index in [0.717, 1.165) is 4.31 Å². The third-order valence-electron chi connectivity index (χ3n) is 2.53. The van der Waals surface area contributed by atoms with Crippen molar-refractivity contribution >= 4 is 19.9 Å². The van der Waals surface area contributed by atoms with Crippen molar-refractivity contribution in [3.8, 4) is 5.75 Å². The van der Waals surface area contributed by atoms with E-state index in [1.165, 1.54) is 24.3 Å². The van der Waals surface area contributed by atoms with Gasteiger partial charge in [0.05, 0.1) is 6.54 Å². The van der Waals surface area contributed by atoms with Crippen molar-refractivity contribution in [1.82, 2.24) is 4.31 Å². The van der Waals surface area contributed by atoms with Crippen molar-refractivity contribution in [2.75, 3.05) is 13.1 Å². The highest BCUT2D eigenvalue weighted by Crippen LogP contribution is 2.21.